The largest absolute Gasteiger partial charge is 0.370 e. The fourth-order valence-corrected chi connectivity index (χ4v) is 5.03. The van der Waals surface area contributed by atoms with Crippen molar-refractivity contribution >= 4 is 43.2 Å². The van der Waals surface area contributed by atoms with Crippen molar-refractivity contribution in [3.8, 4) is 0 Å². The van der Waals surface area contributed by atoms with E-state index < -0.39 is 22.0 Å². The summed E-state index contributed by atoms with van der Waals surface area (Å²) in [6, 6.07) is 1.02. The summed E-state index contributed by atoms with van der Waals surface area (Å²) >= 11 is 4.58. The van der Waals surface area contributed by atoms with Gasteiger partial charge in [0.2, 0.25) is 15.9 Å². The van der Waals surface area contributed by atoms with E-state index in [0.717, 1.165) is 3.79 Å². The van der Waals surface area contributed by atoms with Gasteiger partial charge in [0.1, 0.15) is 0 Å². The molecule has 0 radical (unpaired) electrons. The van der Waals surface area contributed by atoms with E-state index in [9.17, 15) is 13.2 Å². The van der Waals surface area contributed by atoms with Gasteiger partial charge in [-0.3, -0.25) is 4.79 Å². The van der Waals surface area contributed by atoms with Gasteiger partial charge in [-0.1, -0.05) is 0 Å². The smallest absolute Gasteiger partial charge is 0.241 e. The van der Waals surface area contributed by atoms with Crippen LogP contribution in [0.25, 0.3) is 0 Å². The molecule has 0 fully saturated rings. The first kappa shape index (κ1) is 14.6. The molecule has 0 aliphatic heterocycles. The third-order valence-electron chi connectivity index (χ3n) is 2.00. The molecule has 0 saturated heterocycles. The van der Waals surface area contributed by atoms with E-state index in [2.05, 4.69) is 20.7 Å². The van der Waals surface area contributed by atoms with Crippen LogP contribution < -0.4 is 10.5 Å². The lowest BCUT2D eigenvalue weighted by Gasteiger charge is -2.12. The fourth-order valence-electron chi connectivity index (χ4n) is 1.37. The lowest BCUT2D eigenvalue weighted by Crippen LogP contribution is -2.35. The summed E-state index contributed by atoms with van der Waals surface area (Å²) in [5.74, 6) is -0.538. The Morgan fingerprint density at radius 1 is 1.65 bits per heavy atom. The second-order valence-electron chi connectivity index (χ2n) is 3.66. The Morgan fingerprint density at radius 2 is 2.24 bits per heavy atom. The topological polar surface area (TPSA) is 89.3 Å². The standard InChI is InChI=1S/C9H13BrN2O3S2/c1-5(3-9(11)13)12-17(14,15)7-4-8(10)16-6(7)2/h4-5,12H,3H2,1-2H3,(H2,11,13). The van der Waals surface area contributed by atoms with Gasteiger partial charge >= 0.3 is 0 Å². The highest BCUT2D eigenvalue weighted by Crippen LogP contribution is 2.29. The number of carbonyl (C=O) groups is 1. The molecule has 0 aromatic carbocycles. The van der Waals surface area contributed by atoms with Crippen LogP contribution in [0.15, 0.2) is 14.7 Å². The Balaban J connectivity index is 2.89. The Kier molecular flexibility index (Phi) is 4.70. The number of nitrogens with one attached hydrogen (secondary N) is 1. The molecule has 1 amide bonds. The summed E-state index contributed by atoms with van der Waals surface area (Å²) in [5.41, 5.74) is 5.01. The zero-order chi connectivity index (χ0) is 13.2. The van der Waals surface area contributed by atoms with Gasteiger partial charge < -0.3 is 5.73 Å². The Labute approximate surface area is 113 Å². The number of sulfonamides is 1. The maximum atomic E-state index is 12.0. The molecule has 1 aromatic heterocycles. The van der Waals surface area contributed by atoms with Crippen LogP contribution >= 0.6 is 27.3 Å². The first-order valence-corrected chi connectivity index (χ1v) is 7.88. The SMILES string of the molecule is Cc1sc(Br)cc1S(=O)(=O)NC(C)CC(N)=O. The summed E-state index contributed by atoms with van der Waals surface area (Å²) in [6.45, 7) is 3.32. The minimum atomic E-state index is -3.59. The summed E-state index contributed by atoms with van der Waals surface area (Å²) in [6.07, 6.45) is -0.0242. The number of amides is 1. The Morgan fingerprint density at radius 3 is 2.65 bits per heavy atom. The van der Waals surface area contributed by atoms with Crippen molar-refractivity contribution in [2.24, 2.45) is 5.73 Å². The molecular weight excluding hydrogens is 328 g/mol. The monoisotopic (exact) mass is 340 g/mol. The van der Waals surface area contributed by atoms with Crippen molar-refractivity contribution in [2.45, 2.75) is 31.2 Å². The summed E-state index contributed by atoms with van der Waals surface area (Å²) in [4.78, 5) is 11.6. The van der Waals surface area contributed by atoms with Crippen LogP contribution in [0.4, 0.5) is 0 Å². The molecule has 0 spiro atoms. The molecule has 3 N–H and O–H groups in total. The lowest BCUT2D eigenvalue weighted by molar-refractivity contribution is -0.118. The van der Waals surface area contributed by atoms with Crippen LogP contribution in [0.5, 0.6) is 0 Å². The summed E-state index contributed by atoms with van der Waals surface area (Å²) in [5, 5.41) is 0. The van der Waals surface area contributed by atoms with E-state index in [1.54, 1.807) is 19.9 Å². The molecule has 0 bridgehead atoms. The Bertz CT molecular complexity index is 524. The zero-order valence-corrected chi connectivity index (χ0v) is 12.6. The van der Waals surface area contributed by atoms with Gasteiger partial charge in [0.05, 0.1) is 8.68 Å². The third kappa shape index (κ3) is 4.06. The minimum Gasteiger partial charge on any atom is -0.370 e. The number of aryl methyl sites for hydroxylation is 1. The predicted molar refractivity (Wildman–Crippen MR) is 70.4 cm³/mol. The summed E-state index contributed by atoms with van der Waals surface area (Å²) < 4.78 is 27.1. The van der Waals surface area contributed by atoms with Crippen molar-refractivity contribution in [3.05, 3.63) is 14.7 Å². The summed E-state index contributed by atoms with van der Waals surface area (Å²) in [7, 11) is -3.59. The number of hydrogen-bond donors (Lipinski definition) is 2. The highest BCUT2D eigenvalue weighted by atomic mass is 79.9. The second-order valence-corrected chi connectivity index (χ2v) is 7.98. The lowest BCUT2D eigenvalue weighted by atomic mass is 10.2. The van der Waals surface area contributed by atoms with E-state index >= 15 is 0 Å². The van der Waals surface area contributed by atoms with Gasteiger partial charge in [-0.05, 0) is 35.8 Å². The normalized spacial score (nSPS) is 13.6. The van der Waals surface area contributed by atoms with E-state index in [1.807, 2.05) is 0 Å². The molecule has 1 unspecified atom stereocenters. The average molecular weight is 341 g/mol. The predicted octanol–water partition coefficient (Wildman–Crippen LogP) is 1.36. The molecule has 1 atom stereocenters. The van der Waals surface area contributed by atoms with Gasteiger partial charge in [-0.25, -0.2) is 13.1 Å². The highest BCUT2D eigenvalue weighted by Gasteiger charge is 2.22. The van der Waals surface area contributed by atoms with Crippen LogP contribution in [0.2, 0.25) is 0 Å². The first-order valence-electron chi connectivity index (χ1n) is 4.79. The van der Waals surface area contributed by atoms with Gasteiger partial charge in [0.15, 0.2) is 0 Å². The molecule has 96 valence electrons. The quantitative estimate of drug-likeness (QED) is 0.847. The van der Waals surface area contributed by atoms with Crippen LogP contribution in [0, 0.1) is 6.92 Å². The molecule has 1 heterocycles. The molecule has 1 aromatic rings. The van der Waals surface area contributed by atoms with E-state index in [-0.39, 0.29) is 11.3 Å². The van der Waals surface area contributed by atoms with Crippen LogP contribution in [-0.4, -0.2) is 20.4 Å². The fraction of sp³-hybridized carbons (Fsp3) is 0.444. The third-order valence-corrected chi connectivity index (χ3v) is 5.39. The van der Waals surface area contributed by atoms with E-state index in [1.165, 1.54) is 11.3 Å². The van der Waals surface area contributed by atoms with Gasteiger partial charge in [0, 0.05) is 17.3 Å². The van der Waals surface area contributed by atoms with Gasteiger partial charge in [0.25, 0.3) is 0 Å². The van der Waals surface area contributed by atoms with Crippen LogP contribution in [0.3, 0.4) is 0 Å². The molecule has 0 aliphatic rings. The van der Waals surface area contributed by atoms with Crippen molar-refractivity contribution < 1.29 is 13.2 Å². The number of rotatable bonds is 5. The van der Waals surface area contributed by atoms with Gasteiger partial charge in [-0.2, -0.15) is 0 Å². The maximum Gasteiger partial charge on any atom is 0.241 e. The molecule has 1 rings (SSSR count). The van der Waals surface area contributed by atoms with E-state index in [0.29, 0.717) is 4.88 Å². The zero-order valence-electron chi connectivity index (χ0n) is 9.36. The van der Waals surface area contributed by atoms with Gasteiger partial charge in [-0.15, -0.1) is 11.3 Å². The number of hydrogen-bond acceptors (Lipinski definition) is 4. The minimum absolute atomic E-state index is 0.0242. The average Bonchev–Trinajstić information content (AvgIpc) is 2.42. The molecule has 0 aliphatic carbocycles. The molecule has 8 heteroatoms. The van der Waals surface area contributed by atoms with Crippen molar-refractivity contribution in [1.82, 2.24) is 4.72 Å². The molecular formula is C9H13BrN2O3S2. The molecule has 5 nitrogen and oxygen atoms in total. The van der Waals surface area contributed by atoms with Crippen LogP contribution in [-0.2, 0) is 14.8 Å². The van der Waals surface area contributed by atoms with Crippen molar-refractivity contribution in [2.75, 3.05) is 0 Å². The maximum absolute atomic E-state index is 12.0. The molecule has 17 heavy (non-hydrogen) atoms. The molecule has 0 saturated carbocycles. The number of halogens is 1. The number of primary amides is 1. The number of nitrogens with two attached hydrogens (primary N) is 1. The Hall–Kier alpha value is -0.440. The highest BCUT2D eigenvalue weighted by molar-refractivity contribution is 9.11. The van der Waals surface area contributed by atoms with Crippen molar-refractivity contribution in [3.63, 3.8) is 0 Å². The van der Waals surface area contributed by atoms with E-state index in [4.69, 9.17) is 5.73 Å². The van der Waals surface area contributed by atoms with Crippen LogP contribution in [0.1, 0.15) is 18.2 Å². The number of carbonyl (C=O) groups excluding carboxylic acids is 1. The number of thiophene rings is 1. The first-order chi connectivity index (χ1) is 7.72. The van der Waals surface area contributed by atoms with Crippen molar-refractivity contribution in [1.29, 1.82) is 0 Å². The second kappa shape index (κ2) is 5.47.